The summed E-state index contributed by atoms with van der Waals surface area (Å²) < 4.78 is 0. The Balaban J connectivity index is 0.896. The van der Waals surface area contributed by atoms with Gasteiger partial charge in [0.15, 0.2) is 0 Å². The predicted octanol–water partition coefficient (Wildman–Crippen LogP) is 25.5. The van der Waals surface area contributed by atoms with Crippen molar-refractivity contribution in [3.05, 3.63) is 203 Å². The largest absolute Gasteiger partial charge is 0.0654 e. The first-order valence-electron chi connectivity index (χ1n) is 33.2. The molecule has 0 N–H and O–H groups in total. The maximum absolute atomic E-state index is 2.69. The second kappa shape index (κ2) is 22.6. The third-order valence-electron chi connectivity index (χ3n) is 21.2. The average molecular weight is 1100 g/mol. The van der Waals surface area contributed by atoms with E-state index in [0.717, 1.165) is 0 Å². The van der Waals surface area contributed by atoms with E-state index in [1.54, 1.807) is 22.3 Å². The summed E-state index contributed by atoms with van der Waals surface area (Å²) in [4.78, 5) is 0. The number of benzene rings is 12. The van der Waals surface area contributed by atoms with Crippen molar-refractivity contribution >= 4 is 64.6 Å². The minimum atomic E-state index is -0.0730. The molecule has 0 saturated carbocycles. The number of fused-ring (bicyclic) bond motifs is 6. The second-order valence-corrected chi connectivity index (χ2v) is 26.3. The lowest BCUT2D eigenvalue weighted by Gasteiger charge is -2.33. The van der Waals surface area contributed by atoms with Crippen molar-refractivity contribution in [2.45, 2.75) is 181 Å². The Morgan fingerprint density at radius 3 is 0.917 bits per heavy atom. The molecule has 0 fully saturated rings. The molecule has 2 aliphatic rings. The van der Waals surface area contributed by atoms with Gasteiger partial charge in [0.05, 0.1) is 0 Å². The SMILES string of the molecule is CCCCCCC1(CCCCCC)c2cc(C)ccc2-c2ccc(-c3ccc4ccc5c(-c6ccc7c(c6)C(CCCCCC)(CCCCCC)c6cc(-c8ccc9ccc%10ccc(C)c%11ccc8c9c%10%11)ccc6-7)ccc6ccc3c4c65)cc21. The molecule has 0 bridgehead atoms. The fourth-order valence-electron chi connectivity index (χ4n) is 16.9. The van der Waals surface area contributed by atoms with Crippen LogP contribution in [0, 0.1) is 13.8 Å². The summed E-state index contributed by atoms with van der Waals surface area (Å²) in [6, 6.07) is 68.7. The van der Waals surface area contributed by atoms with Crippen LogP contribution >= 0.6 is 0 Å². The molecule has 422 valence electrons. The summed E-state index contributed by atoms with van der Waals surface area (Å²) in [6.07, 6.45) is 25.3. The molecule has 2 aliphatic carbocycles. The van der Waals surface area contributed by atoms with E-state index in [-0.39, 0.29) is 10.8 Å². The first kappa shape index (κ1) is 54.6. The summed E-state index contributed by atoms with van der Waals surface area (Å²) in [5, 5.41) is 16.4. The molecule has 0 nitrogen and oxygen atoms in total. The molecular weight excluding hydrogens is 1010 g/mol. The van der Waals surface area contributed by atoms with E-state index in [4.69, 9.17) is 0 Å². The molecule has 0 aliphatic heterocycles. The van der Waals surface area contributed by atoms with Crippen molar-refractivity contribution in [3.8, 4) is 55.6 Å². The summed E-state index contributed by atoms with van der Waals surface area (Å²) >= 11 is 0. The van der Waals surface area contributed by atoms with Crippen molar-refractivity contribution in [1.82, 2.24) is 0 Å². The lowest BCUT2D eigenvalue weighted by atomic mass is 9.69. The van der Waals surface area contributed by atoms with Gasteiger partial charge < -0.3 is 0 Å². The monoisotopic (exact) mass is 1090 g/mol. The number of aryl methyl sites for hydroxylation is 2. The first-order valence-corrected chi connectivity index (χ1v) is 33.2. The molecule has 0 atom stereocenters. The van der Waals surface area contributed by atoms with Crippen LogP contribution in [0.3, 0.4) is 0 Å². The van der Waals surface area contributed by atoms with Crippen molar-refractivity contribution < 1.29 is 0 Å². The van der Waals surface area contributed by atoms with E-state index in [1.165, 1.54) is 260 Å². The van der Waals surface area contributed by atoms with E-state index in [1.807, 2.05) is 0 Å². The number of hydrogen-bond acceptors (Lipinski definition) is 0. The summed E-state index contributed by atoms with van der Waals surface area (Å²) in [6.45, 7) is 14.0. The van der Waals surface area contributed by atoms with E-state index >= 15 is 0 Å². The first-order chi connectivity index (χ1) is 41.3. The average Bonchev–Trinajstić information content (AvgIpc) is 1.67. The minimum Gasteiger partial charge on any atom is -0.0654 e. The molecule has 0 spiro atoms. The van der Waals surface area contributed by atoms with Gasteiger partial charge >= 0.3 is 0 Å². The van der Waals surface area contributed by atoms with E-state index < -0.39 is 0 Å². The molecule has 0 amide bonds. The van der Waals surface area contributed by atoms with Gasteiger partial charge in [-0.2, -0.15) is 0 Å². The van der Waals surface area contributed by atoms with Gasteiger partial charge in [-0.3, -0.25) is 0 Å². The van der Waals surface area contributed by atoms with E-state index in [9.17, 15) is 0 Å². The summed E-state index contributed by atoms with van der Waals surface area (Å²) in [5.41, 5.74) is 22.9. The summed E-state index contributed by atoms with van der Waals surface area (Å²) in [7, 11) is 0. The highest BCUT2D eigenvalue weighted by Crippen LogP contribution is 2.58. The summed E-state index contributed by atoms with van der Waals surface area (Å²) in [5.74, 6) is 0. The highest BCUT2D eigenvalue weighted by atomic mass is 14.5. The van der Waals surface area contributed by atoms with Gasteiger partial charge in [-0.25, -0.2) is 0 Å². The van der Waals surface area contributed by atoms with Crippen LogP contribution in [0.2, 0.25) is 0 Å². The van der Waals surface area contributed by atoms with Gasteiger partial charge in [-0.05, 0) is 206 Å². The molecule has 0 heterocycles. The quantitative estimate of drug-likeness (QED) is 0.0442. The van der Waals surface area contributed by atoms with Crippen LogP contribution in [0.1, 0.15) is 189 Å². The van der Waals surface area contributed by atoms with Crippen LogP contribution in [0.4, 0.5) is 0 Å². The van der Waals surface area contributed by atoms with E-state index in [2.05, 4.69) is 211 Å². The molecule has 0 radical (unpaired) electrons. The Kier molecular flexibility index (Phi) is 14.7. The van der Waals surface area contributed by atoms with Crippen LogP contribution in [0.15, 0.2) is 170 Å². The molecule has 0 unspecified atom stereocenters. The zero-order valence-corrected chi connectivity index (χ0v) is 51.3. The maximum atomic E-state index is 2.69. The minimum absolute atomic E-state index is 0.0410. The molecule has 14 rings (SSSR count). The van der Waals surface area contributed by atoms with Gasteiger partial charge in [0.2, 0.25) is 0 Å². The Labute approximate surface area is 501 Å². The van der Waals surface area contributed by atoms with Crippen molar-refractivity contribution in [1.29, 1.82) is 0 Å². The smallest absolute Gasteiger partial charge is 0.0215 e. The van der Waals surface area contributed by atoms with Crippen LogP contribution in [-0.4, -0.2) is 0 Å². The van der Waals surface area contributed by atoms with Crippen LogP contribution in [-0.2, 0) is 10.8 Å². The lowest BCUT2D eigenvalue weighted by molar-refractivity contribution is 0.401. The third kappa shape index (κ3) is 8.97. The zero-order chi connectivity index (χ0) is 57.1. The highest BCUT2D eigenvalue weighted by molar-refractivity contribution is 6.28. The van der Waals surface area contributed by atoms with Gasteiger partial charge in [0, 0.05) is 10.8 Å². The van der Waals surface area contributed by atoms with Crippen LogP contribution < -0.4 is 0 Å². The van der Waals surface area contributed by atoms with Crippen molar-refractivity contribution in [2.24, 2.45) is 0 Å². The van der Waals surface area contributed by atoms with Crippen LogP contribution in [0.25, 0.3) is 120 Å². The van der Waals surface area contributed by atoms with Gasteiger partial charge in [-0.15, -0.1) is 0 Å². The second-order valence-electron chi connectivity index (χ2n) is 26.3. The predicted molar refractivity (Wildman–Crippen MR) is 367 cm³/mol. The Bertz CT molecular complexity index is 4380. The standard InChI is InChI=1S/C84H86/c1-7-11-15-19-47-83(48-20-16-12-8-2)75-51-55(5)23-36-68(75)69-40-33-61(52-76(69)83)65-38-29-59-32-44-73-66(39-30-60-31-43-72(65)81(59)82(60)73)62-34-41-70-71-42-35-63(54-78(71)84(77(70)53-62,49-21-17-13-9-3)50-22-18-14-10-4)67-37-28-58-27-26-57-25-24-56(6)64-45-46-74(67)80(58)79(57)64/h23-46,51-54H,7-22,47-50H2,1-6H3. The fraction of sp³-hybridized carbons (Fsp3) is 0.333. The Morgan fingerprint density at radius 2 is 0.536 bits per heavy atom. The van der Waals surface area contributed by atoms with Gasteiger partial charge in [-0.1, -0.05) is 288 Å². The van der Waals surface area contributed by atoms with Crippen molar-refractivity contribution in [3.63, 3.8) is 0 Å². The fourth-order valence-corrected chi connectivity index (χ4v) is 16.9. The van der Waals surface area contributed by atoms with Crippen molar-refractivity contribution in [2.75, 3.05) is 0 Å². The number of rotatable bonds is 23. The number of unbranched alkanes of at least 4 members (excludes halogenated alkanes) is 12. The molecule has 0 heteroatoms. The normalized spacial score (nSPS) is 14.0. The van der Waals surface area contributed by atoms with E-state index in [0.29, 0.717) is 0 Å². The molecule has 84 heavy (non-hydrogen) atoms. The zero-order valence-electron chi connectivity index (χ0n) is 51.3. The highest BCUT2D eigenvalue weighted by Gasteiger charge is 2.44. The third-order valence-corrected chi connectivity index (χ3v) is 21.2. The van der Waals surface area contributed by atoms with Crippen LogP contribution in [0.5, 0.6) is 0 Å². The number of hydrogen-bond donors (Lipinski definition) is 0. The molecule has 12 aromatic rings. The molecule has 0 aromatic heterocycles. The Morgan fingerprint density at radius 1 is 0.250 bits per heavy atom. The molecule has 0 saturated heterocycles. The molecule has 12 aromatic carbocycles. The van der Waals surface area contributed by atoms with Gasteiger partial charge in [0.25, 0.3) is 0 Å². The molecular formula is C84H86. The Hall–Kier alpha value is -7.28. The topological polar surface area (TPSA) is 0 Å². The van der Waals surface area contributed by atoms with Gasteiger partial charge in [0.1, 0.15) is 0 Å². The lowest BCUT2D eigenvalue weighted by Crippen LogP contribution is -2.25. The maximum Gasteiger partial charge on any atom is 0.0215 e.